The summed E-state index contributed by atoms with van der Waals surface area (Å²) in [6, 6.07) is 16.8. The minimum atomic E-state index is 0.523. The number of aryl methyl sites for hydroxylation is 1. The molecule has 158 valence electrons. The maximum Gasteiger partial charge on any atom is 0.184 e. The summed E-state index contributed by atoms with van der Waals surface area (Å²) < 4.78 is 8.17. The van der Waals surface area contributed by atoms with E-state index in [4.69, 9.17) is 9.73 Å². The minimum Gasteiger partial charge on any atom is -0.457 e. The Bertz CT molecular complexity index is 996. The molecule has 0 aliphatic heterocycles. The predicted molar refractivity (Wildman–Crippen MR) is 126 cm³/mol. The van der Waals surface area contributed by atoms with Gasteiger partial charge in [0.25, 0.3) is 0 Å². The number of rotatable bonds is 7. The molecule has 5 heteroatoms. The Morgan fingerprint density at radius 1 is 1.00 bits per heavy atom. The smallest absolute Gasteiger partial charge is 0.184 e. The number of aromatic nitrogens is 1. The first-order valence-electron chi connectivity index (χ1n) is 10.9. The zero-order chi connectivity index (χ0) is 20.8. The molecular weight excluding hydrogens is 390 g/mol. The third-order valence-corrected chi connectivity index (χ3v) is 6.69. The molecule has 1 N–H and O–H groups in total. The first-order valence-corrected chi connectivity index (χ1v) is 11.8. The highest BCUT2D eigenvalue weighted by molar-refractivity contribution is 7.07. The highest BCUT2D eigenvalue weighted by Gasteiger charge is 2.12. The van der Waals surface area contributed by atoms with Crippen molar-refractivity contribution in [2.24, 2.45) is 12.0 Å². The van der Waals surface area contributed by atoms with Gasteiger partial charge in [-0.05, 0) is 56.2 Å². The summed E-state index contributed by atoms with van der Waals surface area (Å²) in [5.74, 6) is 1.71. The van der Waals surface area contributed by atoms with Crippen molar-refractivity contribution in [1.82, 2.24) is 4.57 Å². The van der Waals surface area contributed by atoms with E-state index in [0.29, 0.717) is 6.04 Å². The lowest BCUT2D eigenvalue weighted by molar-refractivity contribution is 0.435. The second kappa shape index (κ2) is 9.98. The Kier molecular flexibility index (Phi) is 6.90. The predicted octanol–water partition coefficient (Wildman–Crippen LogP) is 6.08. The summed E-state index contributed by atoms with van der Waals surface area (Å²) in [5, 5.41) is 5.77. The van der Waals surface area contributed by atoms with Crippen LogP contribution >= 0.6 is 11.3 Å². The molecule has 0 atom stereocenters. The topological polar surface area (TPSA) is 38.5 Å². The van der Waals surface area contributed by atoms with Crippen molar-refractivity contribution in [2.45, 2.75) is 51.5 Å². The fraction of sp³-hybridized carbons (Fsp3) is 0.400. The molecule has 0 unspecified atom stereocenters. The third kappa shape index (κ3) is 5.54. The van der Waals surface area contributed by atoms with Gasteiger partial charge in [0.05, 0.1) is 6.04 Å². The van der Waals surface area contributed by atoms with Crippen molar-refractivity contribution in [1.29, 1.82) is 0 Å². The quantitative estimate of drug-likeness (QED) is 0.502. The van der Waals surface area contributed by atoms with Gasteiger partial charge < -0.3 is 14.6 Å². The fourth-order valence-corrected chi connectivity index (χ4v) is 4.83. The van der Waals surface area contributed by atoms with Crippen LogP contribution in [0.2, 0.25) is 0 Å². The van der Waals surface area contributed by atoms with Gasteiger partial charge in [0.2, 0.25) is 0 Å². The molecule has 1 aromatic heterocycles. The fourth-order valence-electron chi connectivity index (χ4n) is 3.83. The highest BCUT2D eigenvalue weighted by atomic mass is 32.1. The summed E-state index contributed by atoms with van der Waals surface area (Å²) in [5.41, 5.74) is 3.67. The van der Waals surface area contributed by atoms with Crippen molar-refractivity contribution in [3.8, 4) is 11.5 Å². The van der Waals surface area contributed by atoms with E-state index < -0.39 is 0 Å². The molecule has 4 rings (SSSR count). The van der Waals surface area contributed by atoms with Crippen molar-refractivity contribution in [3.05, 3.63) is 70.0 Å². The van der Waals surface area contributed by atoms with Crippen LogP contribution in [0.25, 0.3) is 0 Å². The Hall–Kier alpha value is -2.53. The standard InChI is InChI=1S/C25H31N3OS/c1-19-8-12-23(13-9-19)29-24-14-10-20(11-15-24)26-17-16-22-18-30-25(28(22)2)27-21-6-4-3-5-7-21/h8-15,18,21,26H,3-7,16-17H2,1-2H3. The Morgan fingerprint density at radius 2 is 1.67 bits per heavy atom. The monoisotopic (exact) mass is 421 g/mol. The van der Waals surface area contributed by atoms with E-state index in [1.54, 1.807) is 11.3 Å². The number of nitrogens with one attached hydrogen (secondary N) is 1. The van der Waals surface area contributed by atoms with Gasteiger partial charge >= 0.3 is 0 Å². The number of ether oxygens (including phenoxy) is 1. The van der Waals surface area contributed by atoms with E-state index in [1.165, 1.54) is 43.4 Å². The third-order valence-electron chi connectivity index (χ3n) is 5.71. The van der Waals surface area contributed by atoms with Gasteiger partial charge in [-0.2, -0.15) is 0 Å². The van der Waals surface area contributed by atoms with Crippen LogP contribution in [-0.4, -0.2) is 17.2 Å². The molecule has 1 saturated carbocycles. The van der Waals surface area contributed by atoms with Crippen molar-refractivity contribution in [2.75, 3.05) is 11.9 Å². The van der Waals surface area contributed by atoms with Gasteiger partial charge in [-0.15, -0.1) is 11.3 Å². The zero-order valence-corrected chi connectivity index (χ0v) is 18.8. The number of benzene rings is 2. The largest absolute Gasteiger partial charge is 0.457 e. The van der Waals surface area contributed by atoms with E-state index in [-0.39, 0.29) is 0 Å². The number of anilines is 1. The van der Waals surface area contributed by atoms with Crippen LogP contribution in [0.15, 0.2) is 58.9 Å². The normalized spacial score (nSPS) is 15.3. The van der Waals surface area contributed by atoms with Crippen LogP contribution in [0.4, 0.5) is 5.69 Å². The van der Waals surface area contributed by atoms with E-state index in [2.05, 4.69) is 53.5 Å². The molecule has 4 nitrogen and oxygen atoms in total. The lowest BCUT2D eigenvalue weighted by atomic mass is 9.96. The van der Waals surface area contributed by atoms with Gasteiger partial charge in [0.15, 0.2) is 4.80 Å². The van der Waals surface area contributed by atoms with E-state index >= 15 is 0 Å². The van der Waals surface area contributed by atoms with E-state index in [9.17, 15) is 0 Å². The number of hydrogen-bond acceptors (Lipinski definition) is 4. The van der Waals surface area contributed by atoms with Gasteiger partial charge in [0.1, 0.15) is 11.5 Å². The van der Waals surface area contributed by atoms with Crippen LogP contribution < -0.4 is 14.9 Å². The van der Waals surface area contributed by atoms with Crippen molar-refractivity contribution < 1.29 is 4.74 Å². The molecule has 1 fully saturated rings. The second-order valence-electron chi connectivity index (χ2n) is 8.11. The van der Waals surface area contributed by atoms with Gasteiger partial charge in [0, 0.05) is 36.8 Å². The summed E-state index contributed by atoms with van der Waals surface area (Å²) in [6.45, 7) is 2.97. The molecule has 0 amide bonds. The summed E-state index contributed by atoms with van der Waals surface area (Å²) in [4.78, 5) is 6.16. The molecule has 0 saturated heterocycles. The molecule has 1 aliphatic rings. The molecule has 0 bridgehead atoms. The highest BCUT2D eigenvalue weighted by Crippen LogP contribution is 2.23. The van der Waals surface area contributed by atoms with Crippen molar-refractivity contribution >= 4 is 17.0 Å². The maximum atomic E-state index is 5.90. The molecule has 2 aromatic carbocycles. The van der Waals surface area contributed by atoms with Crippen molar-refractivity contribution in [3.63, 3.8) is 0 Å². The van der Waals surface area contributed by atoms with E-state index in [0.717, 1.165) is 35.0 Å². The SMILES string of the molecule is Cc1ccc(Oc2ccc(NCCc3csc(=NC4CCCCC4)n3C)cc2)cc1. The number of nitrogens with zero attached hydrogens (tertiary/aromatic N) is 2. The molecule has 0 radical (unpaired) electrons. The van der Waals surface area contributed by atoms with Crippen LogP contribution in [0.5, 0.6) is 11.5 Å². The Labute approximate surface area is 183 Å². The van der Waals surface area contributed by atoms with Crippen LogP contribution in [-0.2, 0) is 13.5 Å². The van der Waals surface area contributed by atoms with Gasteiger partial charge in [-0.3, -0.25) is 4.99 Å². The lowest BCUT2D eigenvalue weighted by Crippen LogP contribution is -2.20. The first kappa shape index (κ1) is 20.7. The van der Waals surface area contributed by atoms with Gasteiger partial charge in [-0.25, -0.2) is 0 Å². The lowest BCUT2D eigenvalue weighted by Gasteiger charge is -2.16. The second-order valence-corrected chi connectivity index (χ2v) is 8.94. The molecule has 30 heavy (non-hydrogen) atoms. The van der Waals surface area contributed by atoms with Crippen LogP contribution in [0.1, 0.15) is 43.4 Å². The van der Waals surface area contributed by atoms with Crippen LogP contribution in [0.3, 0.4) is 0 Å². The summed E-state index contributed by atoms with van der Waals surface area (Å²) in [7, 11) is 2.14. The molecule has 1 aliphatic carbocycles. The van der Waals surface area contributed by atoms with E-state index in [1.807, 2.05) is 24.3 Å². The maximum absolute atomic E-state index is 5.90. The number of thiazole rings is 1. The molecule has 3 aromatic rings. The Balaban J connectivity index is 1.29. The Morgan fingerprint density at radius 3 is 2.37 bits per heavy atom. The summed E-state index contributed by atoms with van der Waals surface area (Å²) in [6.07, 6.45) is 7.51. The average molecular weight is 422 g/mol. The first-order chi connectivity index (χ1) is 14.7. The average Bonchev–Trinajstić information content (AvgIpc) is 3.11. The molecular formula is C25H31N3OS. The zero-order valence-electron chi connectivity index (χ0n) is 17.9. The minimum absolute atomic E-state index is 0.523. The molecule has 1 heterocycles. The number of hydrogen-bond donors (Lipinski definition) is 1. The van der Waals surface area contributed by atoms with Gasteiger partial charge in [-0.1, -0.05) is 37.0 Å². The van der Waals surface area contributed by atoms with Crippen LogP contribution in [0, 0.1) is 6.92 Å². The molecule has 0 spiro atoms. The summed E-state index contributed by atoms with van der Waals surface area (Å²) >= 11 is 1.77.